The highest BCUT2D eigenvalue weighted by Crippen LogP contribution is 2.30. The van der Waals surface area contributed by atoms with Crippen LogP contribution in [0.5, 0.6) is 5.75 Å². The number of methoxy groups -OCH3 is 1. The third kappa shape index (κ3) is 5.95. The van der Waals surface area contributed by atoms with Crippen molar-refractivity contribution in [2.75, 3.05) is 33.1 Å². The van der Waals surface area contributed by atoms with E-state index < -0.39 is 0 Å². The summed E-state index contributed by atoms with van der Waals surface area (Å²) in [5.74, 6) is 0.719. The summed E-state index contributed by atoms with van der Waals surface area (Å²) in [6.45, 7) is 3.44. The Morgan fingerprint density at radius 2 is 1.67 bits per heavy atom. The maximum absolute atomic E-state index is 13.0. The first-order chi connectivity index (χ1) is 17.5. The Labute approximate surface area is 217 Å². The molecule has 0 radical (unpaired) electrons. The Balaban J connectivity index is 1.50. The average molecular weight is 507 g/mol. The Morgan fingerprint density at radius 1 is 0.972 bits per heavy atom. The quantitative estimate of drug-likeness (QED) is 0.279. The van der Waals surface area contributed by atoms with Gasteiger partial charge in [-0.05, 0) is 98.7 Å². The molecule has 1 aromatic heterocycles. The normalized spacial score (nSPS) is 14.0. The number of carbonyl (C=O) groups excluding carboxylic acids is 2. The van der Waals surface area contributed by atoms with E-state index in [2.05, 4.69) is 59.4 Å². The van der Waals surface area contributed by atoms with Crippen molar-refractivity contribution in [1.29, 1.82) is 0 Å². The number of hydrogen-bond acceptors (Lipinski definition) is 5. The molecule has 0 N–H and O–H groups in total. The van der Waals surface area contributed by atoms with Crippen LogP contribution < -0.4 is 4.74 Å². The molecule has 2 heterocycles. The SMILES string of the molecule is CCOC(=O)C1CCN(C(=O)CCc2ccc(-c3ccc(OC)cc3)n2-c2ccc(SC)cc2)CC1. The van der Waals surface area contributed by atoms with Gasteiger partial charge in [0.2, 0.25) is 5.91 Å². The zero-order valence-corrected chi connectivity index (χ0v) is 22.1. The molecule has 0 aliphatic carbocycles. The zero-order chi connectivity index (χ0) is 25.5. The lowest BCUT2D eigenvalue weighted by Gasteiger charge is -2.31. The maximum atomic E-state index is 13.0. The first-order valence-electron chi connectivity index (χ1n) is 12.5. The minimum atomic E-state index is -0.138. The molecule has 0 bridgehead atoms. The number of likely N-dealkylation sites (tertiary alicyclic amines) is 1. The molecular weight excluding hydrogens is 472 g/mol. The van der Waals surface area contributed by atoms with E-state index in [1.165, 1.54) is 4.90 Å². The third-order valence-electron chi connectivity index (χ3n) is 6.74. The molecule has 1 aliphatic heterocycles. The molecule has 3 aromatic rings. The molecule has 1 fully saturated rings. The number of hydrogen-bond donors (Lipinski definition) is 0. The van der Waals surface area contributed by atoms with E-state index in [1.54, 1.807) is 18.9 Å². The first-order valence-corrected chi connectivity index (χ1v) is 13.7. The van der Waals surface area contributed by atoms with Gasteiger partial charge in [-0.15, -0.1) is 11.8 Å². The zero-order valence-electron chi connectivity index (χ0n) is 21.2. The Bertz CT molecular complexity index is 1160. The number of aromatic nitrogens is 1. The van der Waals surface area contributed by atoms with Crippen molar-refractivity contribution in [3.8, 4) is 22.7 Å². The number of aryl methyl sites for hydroxylation is 1. The predicted molar refractivity (Wildman–Crippen MR) is 144 cm³/mol. The summed E-state index contributed by atoms with van der Waals surface area (Å²) < 4.78 is 12.7. The number of thioether (sulfide) groups is 1. The molecular formula is C29H34N2O4S. The standard InChI is InChI=1S/C29H34N2O4S/c1-4-35-29(33)22-17-19-30(20-18-22)28(32)16-10-24-9-15-27(21-5-11-25(34-2)12-6-21)31(24)23-7-13-26(36-3)14-8-23/h5-9,11-15,22H,4,10,16-20H2,1-3H3. The van der Waals surface area contributed by atoms with Gasteiger partial charge in [-0.3, -0.25) is 9.59 Å². The summed E-state index contributed by atoms with van der Waals surface area (Å²) in [4.78, 5) is 28.2. The number of carbonyl (C=O) groups is 2. The van der Waals surface area contributed by atoms with Gasteiger partial charge in [0, 0.05) is 35.8 Å². The Morgan fingerprint density at radius 3 is 2.28 bits per heavy atom. The van der Waals surface area contributed by atoms with E-state index >= 15 is 0 Å². The van der Waals surface area contributed by atoms with Gasteiger partial charge in [0.05, 0.1) is 25.3 Å². The molecule has 1 saturated heterocycles. The number of ether oxygens (including phenoxy) is 2. The molecule has 0 atom stereocenters. The van der Waals surface area contributed by atoms with Crippen molar-refractivity contribution in [2.45, 2.75) is 37.5 Å². The average Bonchev–Trinajstić information content (AvgIpc) is 3.36. The monoisotopic (exact) mass is 506 g/mol. The second-order valence-electron chi connectivity index (χ2n) is 8.88. The molecule has 1 amide bonds. The van der Waals surface area contributed by atoms with Crippen molar-refractivity contribution < 1.29 is 19.1 Å². The van der Waals surface area contributed by atoms with Crippen LogP contribution in [-0.2, 0) is 20.7 Å². The van der Waals surface area contributed by atoms with E-state index in [0.717, 1.165) is 28.4 Å². The molecule has 0 unspecified atom stereocenters. The van der Waals surface area contributed by atoms with Crippen LogP contribution in [0.2, 0.25) is 0 Å². The van der Waals surface area contributed by atoms with Crippen molar-refractivity contribution in [3.05, 3.63) is 66.4 Å². The maximum Gasteiger partial charge on any atom is 0.309 e. The van der Waals surface area contributed by atoms with Crippen molar-refractivity contribution in [2.24, 2.45) is 5.92 Å². The lowest BCUT2D eigenvalue weighted by Crippen LogP contribution is -2.40. The summed E-state index contributed by atoms with van der Waals surface area (Å²) in [5.41, 5.74) is 4.32. The van der Waals surface area contributed by atoms with Crippen LogP contribution >= 0.6 is 11.8 Å². The summed E-state index contributed by atoms with van der Waals surface area (Å²) in [6.07, 6.45) is 4.48. The van der Waals surface area contributed by atoms with Gasteiger partial charge < -0.3 is 18.9 Å². The number of esters is 1. The third-order valence-corrected chi connectivity index (χ3v) is 7.48. The van der Waals surface area contributed by atoms with E-state index in [9.17, 15) is 9.59 Å². The number of benzene rings is 2. The minimum absolute atomic E-state index is 0.0949. The first kappa shape index (κ1) is 25.9. The van der Waals surface area contributed by atoms with Crippen LogP contribution in [-0.4, -0.2) is 54.4 Å². The van der Waals surface area contributed by atoms with Gasteiger partial charge >= 0.3 is 5.97 Å². The highest BCUT2D eigenvalue weighted by molar-refractivity contribution is 7.98. The van der Waals surface area contributed by atoms with Gasteiger partial charge in [0.25, 0.3) is 0 Å². The fourth-order valence-electron chi connectivity index (χ4n) is 4.72. The summed E-state index contributed by atoms with van der Waals surface area (Å²) in [5, 5.41) is 0. The topological polar surface area (TPSA) is 60.8 Å². The van der Waals surface area contributed by atoms with Crippen molar-refractivity contribution in [1.82, 2.24) is 9.47 Å². The summed E-state index contributed by atoms with van der Waals surface area (Å²) in [6, 6.07) is 20.8. The largest absolute Gasteiger partial charge is 0.497 e. The van der Waals surface area contributed by atoms with E-state index in [1.807, 2.05) is 24.0 Å². The molecule has 1 aliphatic rings. The van der Waals surface area contributed by atoms with Gasteiger partial charge in [-0.1, -0.05) is 0 Å². The minimum Gasteiger partial charge on any atom is -0.497 e. The lowest BCUT2D eigenvalue weighted by molar-refractivity contribution is -0.151. The summed E-state index contributed by atoms with van der Waals surface area (Å²) >= 11 is 1.72. The molecule has 2 aromatic carbocycles. The lowest BCUT2D eigenvalue weighted by atomic mass is 9.96. The number of nitrogens with zero attached hydrogens (tertiary/aromatic N) is 2. The highest BCUT2D eigenvalue weighted by Gasteiger charge is 2.28. The smallest absolute Gasteiger partial charge is 0.309 e. The van der Waals surface area contributed by atoms with Crippen LogP contribution in [0.4, 0.5) is 0 Å². The highest BCUT2D eigenvalue weighted by atomic mass is 32.2. The van der Waals surface area contributed by atoms with Crippen LogP contribution in [0.1, 0.15) is 31.9 Å². The second kappa shape index (κ2) is 12.2. The number of rotatable bonds is 9. The molecule has 0 saturated carbocycles. The molecule has 0 spiro atoms. The van der Waals surface area contributed by atoms with E-state index in [0.29, 0.717) is 45.4 Å². The summed E-state index contributed by atoms with van der Waals surface area (Å²) in [7, 11) is 1.67. The van der Waals surface area contributed by atoms with E-state index in [4.69, 9.17) is 9.47 Å². The fraction of sp³-hybridized carbons (Fsp3) is 0.379. The van der Waals surface area contributed by atoms with Gasteiger partial charge in [-0.2, -0.15) is 0 Å². The number of amides is 1. The molecule has 7 heteroatoms. The Kier molecular flexibility index (Phi) is 8.75. The number of piperidine rings is 1. The molecule has 6 nitrogen and oxygen atoms in total. The van der Waals surface area contributed by atoms with Crippen molar-refractivity contribution >= 4 is 23.6 Å². The fourth-order valence-corrected chi connectivity index (χ4v) is 5.12. The van der Waals surface area contributed by atoms with Crippen LogP contribution in [0.15, 0.2) is 65.6 Å². The second-order valence-corrected chi connectivity index (χ2v) is 9.76. The Hall–Kier alpha value is -3.19. The van der Waals surface area contributed by atoms with Crippen molar-refractivity contribution in [3.63, 3.8) is 0 Å². The molecule has 4 rings (SSSR count). The molecule has 190 valence electrons. The van der Waals surface area contributed by atoms with Crippen LogP contribution in [0.25, 0.3) is 16.9 Å². The van der Waals surface area contributed by atoms with E-state index in [-0.39, 0.29) is 17.8 Å². The van der Waals surface area contributed by atoms with Gasteiger partial charge in [-0.25, -0.2) is 0 Å². The van der Waals surface area contributed by atoms with Crippen LogP contribution in [0.3, 0.4) is 0 Å². The molecule has 36 heavy (non-hydrogen) atoms. The van der Waals surface area contributed by atoms with Gasteiger partial charge in [0.15, 0.2) is 0 Å². The van der Waals surface area contributed by atoms with Crippen LogP contribution in [0, 0.1) is 5.92 Å². The van der Waals surface area contributed by atoms with Gasteiger partial charge in [0.1, 0.15) is 5.75 Å². The predicted octanol–water partition coefficient (Wildman–Crippen LogP) is 5.61.